The van der Waals surface area contributed by atoms with Gasteiger partial charge in [-0.05, 0) is 17.7 Å². The van der Waals surface area contributed by atoms with E-state index in [1.165, 1.54) is 0 Å². The molecule has 3 heteroatoms. The SMILES string of the molecule is CC(CO)c1ccc(N(C)C)c(Cl)c1. The maximum Gasteiger partial charge on any atom is 0.0642 e. The van der Waals surface area contributed by atoms with Gasteiger partial charge < -0.3 is 10.0 Å². The van der Waals surface area contributed by atoms with Gasteiger partial charge in [-0.1, -0.05) is 24.6 Å². The molecule has 0 spiro atoms. The number of hydrogen-bond donors (Lipinski definition) is 1. The van der Waals surface area contributed by atoms with Crippen molar-refractivity contribution < 1.29 is 5.11 Å². The zero-order valence-corrected chi connectivity index (χ0v) is 9.54. The highest BCUT2D eigenvalue weighted by Crippen LogP contribution is 2.28. The lowest BCUT2D eigenvalue weighted by Gasteiger charge is -2.16. The molecule has 0 saturated heterocycles. The maximum absolute atomic E-state index is 9.00. The number of aliphatic hydroxyl groups excluding tert-OH is 1. The van der Waals surface area contributed by atoms with Crippen LogP contribution < -0.4 is 4.90 Å². The fourth-order valence-corrected chi connectivity index (χ4v) is 1.66. The molecule has 0 aliphatic heterocycles. The summed E-state index contributed by atoms with van der Waals surface area (Å²) in [7, 11) is 3.91. The Balaban J connectivity index is 3.00. The molecular weight excluding hydrogens is 198 g/mol. The van der Waals surface area contributed by atoms with Crippen molar-refractivity contribution >= 4 is 17.3 Å². The second-order valence-corrected chi connectivity index (χ2v) is 4.10. The molecule has 0 aliphatic rings. The lowest BCUT2D eigenvalue weighted by molar-refractivity contribution is 0.273. The zero-order valence-electron chi connectivity index (χ0n) is 8.79. The maximum atomic E-state index is 9.00. The van der Waals surface area contributed by atoms with Gasteiger partial charge in [-0.2, -0.15) is 0 Å². The fraction of sp³-hybridized carbons (Fsp3) is 0.455. The van der Waals surface area contributed by atoms with Gasteiger partial charge in [-0.15, -0.1) is 0 Å². The molecule has 1 aromatic rings. The molecule has 0 heterocycles. The van der Waals surface area contributed by atoms with Crippen LogP contribution in [0.3, 0.4) is 0 Å². The zero-order chi connectivity index (χ0) is 10.7. The number of aliphatic hydroxyl groups is 1. The Kier molecular flexibility index (Phi) is 3.78. The van der Waals surface area contributed by atoms with Crippen molar-refractivity contribution in [3.05, 3.63) is 28.8 Å². The Labute approximate surface area is 90.1 Å². The van der Waals surface area contributed by atoms with Crippen LogP contribution in [0.4, 0.5) is 5.69 Å². The Bertz CT molecular complexity index is 312. The first-order valence-corrected chi connectivity index (χ1v) is 5.01. The van der Waals surface area contributed by atoms with Crippen molar-refractivity contribution in [2.24, 2.45) is 0 Å². The number of rotatable bonds is 3. The summed E-state index contributed by atoms with van der Waals surface area (Å²) in [5.41, 5.74) is 2.07. The van der Waals surface area contributed by atoms with Gasteiger partial charge in [0.1, 0.15) is 0 Å². The molecule has 0 amide bonds. The van der Waals surface area contributed by atoms with Crippen LogP contribution in [-0.4, -0.2) is 25.8 Å². The molecule has 0 aromatic heterocycles. The molecule has 1 atom stereocenters. The average Bonchev–Trinajstić information content (AvgIpc) is 2.15. The van der Waals surface area contributed by atoms with E-state index in [1.807, 2.05) is 44.1 Å². The van der Waals surface area contributed by atoms with E-state index in [-0.39, 0.29) is 12.5 Å². The lowest BCUT2D eigenvalue weighted by atomic mass is 10.0. The van der Waals surface area contributed by atoms with Crippen molar-refractivity contribution in [3.8, 4) is 0 Å². The lowest BCUT2D eigenvalue weighted by Crippen LogP contribution is -2.09. The first kappa shape index (κ1) is 11.3. The van der Waals surface area contributed by atoms with Gasteiger partial charge in [-0.25, -0.2) is 0 Å². The Morgan fingerprint density at radius 3 is 2.50 bits per heavy atom. The van der Waals surface area contributed by atoms with E-state index < -0.39 is 0 Å². The number of hydrogen-bond acceptors (Lipinski definition) is 2. The van der Waals surface area contributed by atoms with Gasteiger partial charge in [0, 0.05) is 26.6 Å². The van der Waals surface area contributed by atoms with Crippen molar-refractivity contribution in [2.75, 3.05) is 25.6 Å². The molecule has 1 unspecified atom stereocenters. The third-order valence-electron chi connectivity index (χ3n) is 2.30. The first-order valence-electron chi connectivity index (χ1n) is 4.64. The van der Waals surface area contributed by atoms with Crippen LogP contribution in [0.15, 0.2) is 18.2 Å². The van der Waals surface area contributed by atoms with Gasteiger partial charge in [0.15, 0.2) is 0 Å². The van der Waals surface area contributed by atoms with E-state index in [9.17, 15) is 0 Å². The molecule has 0 aliphatic carbocycles. The van der Waals surface area contributed by atoms with E-state index in [2.05, 4.69) is 0 Å². The third-order valence-corrected chi connectivity index (χ3v) is 2.60. The Morgan fingerprint density at radius 2 is 2.07 bits per heavy atom. The summed E-state index contributed by atoms with van der Waals surface area (Å²) >= 11 is 6.10. The van der Waals surface area contributed by atoms with E-state index in [0.29, 0.717) is 0 Å². The van der Waals surface area contributed by atoms with Crippen molar-refractivity contribution in [1.82, 2.24) is 0 Å². The summed E-state index contributed by atoms with van der Waals surface area (Å²) in [6, 6.07) is 5.89. The molecule has 1 N–H and O–H groups in total. The van der Waals surface area contributed by atoms with Crippen LogP contribution in [0, 0.1) is 0 Å². The van der Waals surface area contributed by atoms with Crippen LogP contribution in [0.5, 0.6) is 0 Å². The van der Waals surface area contributed by atoms with Crippen LogP contribution in [-0.2, 0) is 0 Å². The minimum absolute atomic E-state index is 0.142. The molecule has 2 nitrogen and oxygen atoms in total. The highest BCUT2D eigenvalue weighted by atomic mass is 35.5. The van der Waals surface area contributed by atoms with Gasteiger partial charge >= 0.3 is 0 Å². The highest BCUT2D eigenvalue weighted by Gasteiger charge is 2.07. The van der Waals surface area contributed by atoms with Crippen molar-refractivity contribution in [3.63, 3.8) is 0 Å². The topological polar surface area (TPSA) is 23.5 Å². The number of halogens is 1. The quantitative estimate of drug-likeness (QED) is 0.834. The number of anilines is 1. The molecular formula is C11H16ClNO. The average molecular weight is 214 g/mol. The summed E-state index contributed by atoms with van der Waals surface area (Å²) in [6.07, 6.45) is 0. The predicted molar refractivity (Wildman–Crippen MR) is 61.3 cm³/mol. The summed E-state index contributed by atoms with van der Waals surface area (Å²) < 4.78 is 0. The van der Waals surface area contributed by atoms with Gasteiger partial charge in [0.2, 0.25) is 0 Å². The van der Waals surface area contributed by atoms with Gasteiger partial charge in [-0.3, -0.25) is 0 Å². The van der Waals surface area contributed by atoms with Crippen LogP contribution in [0.1, 0.15) is 18.4 Å². The second kappa shape index (κ2) is 4.67. The molecule has 0 fully saturated rings. The summed E-state index contributed by atoms with van der Waals surface area (Å²) in [5.74, 6) is 0.142. The van der Waals surface area contributed by atoms with Gasteiger partial charge in [0.25, 0.3) is 0 Å². The third kappa shape index (κ3) is 2.40. The molecule has 1 rings (SSSR count). The highest BCUT2D eigenvalue weighted by molar-refractivity contribution is 6.33. The Morgan fingerprint density at radius 1 is 1.43 bits per heavy atom. The molecule has 14 heavy (non-hydrogen) atoms. The normalized spacial score (nSPS) is 12.6. The second-order valence-electron chi connectivity index (χ2n) is 3.69. The number of nitrogens with zero attached hydrogens (tertiary/aromatic N) is 1. The standard InChI is InChI=1S/C11H16ClNO/c1-8(7-14)9-4-5-11(13(2)3)10(12)6-9/h4-6,8,14H,7H2,1-3H3. The van der Waals surface area contributed by atoms with E-state index in [4.69, 9.17) is 16.7 Å². The van der Waals surface area contributed by atoms with E-state index in [0.717, 1.165) is 16.3 Å². The minimum atomic E-state index is 0.142. The van der Waals surface area contributed by atoms with Crippen LogP contribution in [0.2, 0.25) is 5.02 Å². The predicted octanol–water partition coefficient (Wildman–Crippen LogP) is 2.50. The minimum Gasteiger partial charge on any atom is -0.396 e. The monoisotopic (exact) mass is 213 g/mol. The smallest absolute Gasteiger partial charge is 0.0642 e. The Hall–Kier alpha value is -0.730. The molecule has 0 saturated carbocycles. The summed E-state index contributed by atoms with van der Waals surface area (Å²) in [6.45, 7) is 2.12. The summed E-state index contributed by atoms with van der Waals surface area (Å²) in [4.78, 5) is 1.97. The summed E-state index contributed by atoms with van der Waals surface area (Å²) in [5, 5.41) is 9.73. The molecule has 0 bridgehead atoms. The molecule has 0 radical (unpaired) electrons. The van der Waals surface area contributed by atoms with E-state index >= 15 is 0 Å². The van der Waals surface area contributed by atoms with Crippen molar-refractivity contribution in [2.45, 2.75) is 12.8 Å². The van der Waals surface area contributed by atoms with Crippen LogP contribution >= 0.6 is 11.6 Å². The number of benzene rings is 1. The van der Waals surface area contributed by atoms with Gasteiger partial charge in [0.05, 0.1) is 10.7 Å². The largest absolute Gasteiger partial charge is 0.396 e. The van der Waals surface area contributed by atoms with Crippen molar-refractivity contribution in [1.29, 1.82) is 0 Å². The molecule has 1 aromatic carbocycles. The van der Waals surface area contributed by atoms with E-state index in [1.54, 1.807) is 0 Å². The fourth-order valence-electron chi connectivity index (χ4n) is 1.30. The first-order chi connectivity index (χ1) is 6.56. The molecule has 78 valence electrons. The van der Waals surface area contributed by atoms with Crippen LogP contribution in [0.25, 0.3) is 0 Å².